The monoisotopic (exact) mass is 450 g/mol. The number of benzene rings is 1. The lowest BCUT2D eigenvalue weighted by Gasteiger charge is -2.34. The summed E-state index contributed by atoms with van der Waals surface area (Å²) in [5, 5.41) is 0. The fourth-order valence-electron chi connectivity index (χ4n) is 4.21. The Balaban J connectivity index is 1.32. The number of hydrogen-bond acceptors (Lipinski definition) is 5. The van der Waals surface area contributed by atoms with Crippen molar-refractivity contribution in [1.82, 2.24) is 24.8 Å². The third kappa shape index (κ3) is 5.56. The van der Waals surface area contributed by atoms with E-state index in [0.717, 1.165) is 67.5 Å². The lowest BCUT2D eigenvalue weighted by atomic mass is 10.1. The Morgan fingerprint density at radius 2 is 1.88 bits per heavy atom. The van der Waals surface area contributed by atoms with Gasteiger partial charge in [-0.05, 0) is 56.0 Å². The summed E-state index contributed by atoms with van der Waals surface area (Å²) in [5.41, 5.74) is 3.60. The molecular weight excluding hydrogens is 419 g/mol. The van der Waals surface area contributed by atoms with Crippen LogP contribution in [0.1, 0.15) is 43.1 Å². The van der Waals surface area contributed by atoms with Gasteiger partial charge in [0.05, 0.1) is 5.69 Å². The SMILES string of the molecule is CCCc1[nH]c(-c2ccc(F)c(C)c2)nc1CCCC(=O)N1CCN(c2ncccn2)CC1. The van der Waals surface area contributed by atoms with Gasteiger partial charge in [0.1, 0.15) is 11.6 Å². The van der Waals surface area contributed by atoms with Gasteiger partial charge in [-0.25, -0.2) is 19.3 Å². The van der Waals surface area contributed by atoms with Crippen molar-refractivity contribution >= 4 is 11.9 Å². The largest absolute Gasteiger partial charge is 0.342 e. The van der Waals surface area contributed by atoms with Crippen LogP contribution in [-0.4, -0.2) is 56.9 Å². The Labute approximate surface area is 194 Å². The van der Waals surface area contributed by atoms with Crippen molar-refractivity contribution in [2.45, 2.75) is 46.0 Å². The maximum absolute atomic E-state index is 13.6. The lowest BCUT2D eigenvalue weighted by molar-refractivity contribution is -0.131. The summed E-state index contributed by atoms with van der Waals surface area (Å²) in [6.07, 6.45) is 7.39. The summed E-state index contributed by atoms with van der Waals surface area (Å²) in [5.74, 6) is 1.46. The van der Waals surface area contributed by atoms with E-state index in [-0.39, 0.29) is 11.7 Å². The highest BCUT2D eigenvalue weighted by Gasteiger charge is 2.22. The van der Waals surface area contributed by atoms with Crippen molar-refractivity contribution in [3.05, 3.63) is 59.4 Å². The van der Waals surface area contributed by atoms with E-state index in [1.165, 1.54) is 6.07 Å². The highest BCUT2D eigenvalue weighted by Crippen LogP contribution is 2.23. The summed E-state index contributed by atoms with van der Waals surface area (Å²) in [7, 11) is 0. The van der Waals surface area contributed by atoms with E-state index < -0.39 is 0 Å². The number of piperazine rings is 1. The van der Waals surface area contributed by atoms with E-state index in [2.05, 4.69) is 26.8 Å². The number of carbonyl (C=O) groups is 1. The second-order valence-electron chi connectivity index (χ2n) is 8.49. The number of anilines is 1. The lowest BCUT2D eigenvalue weighted by Crippen LogP contribution is -2.49. The van der Waals surface area contributed by atoms with Crippen molar-refractivity contribution in [3.8, 4) is 11.4 Å². The molecular formula is C25H31FN6O. The number of aromatic nitrogens is 4. The molecule has 1 aliphatic heterocycles. The first-order chi connectivity index (χ1) is 16.0. The number of carbonyl (C=O) groups excluding carboxylic acids is 1. The molecule has 0 aliphatic carbocycles. The van der Waals surface area contributed by atoms with Gasteiger partial charge in [0.15, 0.2) is 0 Å². The van der Waals surface area contributed by atoms with E-state index in [0.29, 0.717) is 25.1 Å². The van der Waals surface area contributed by atoms with E-state index in [4.69, 9.17) is 4.98 Å². The number of imidazole rings is 1. The molecule has 8 heteroatoms. The summed E-state index contributed by atoms with van der Waals surface area (Å²) in [6.45, 7) is 6.76. The average Bonchev–Trinajstić information content (AvgIpc) is 3.24. The van der Waals surface area contributed by atoms with Gasteiger partial charge >= 0.3 is 0 Å². The van der Waals surface area contributed by atoms with Gasteiger partial charge in [-0.2, -0.15) is 0 Å². The molecule has 1 aliphatic rings. The molecule has 3 heterocycles. The maximum atomic E-state index is 13.6. The van der Waals surface area contributed by atoms with Crippen molar-refractivity contribution in [2.24, 2.45) is 0 Å². The zero-order valence-corrected chi connectivity index (χ0v) is 19.4. The Bertz CT molecular complexity index is 1080. The third-order valence-electron chi connectivity index (χ3n) is 6.07. The van der Waals surface area contributed by atoms with Gasteiger partial charge in [0.25, 0.3) is 0 Å². The van der Waals surface area contributed by atoms with Crippen molar-refractivity contribution < 1.29 is 9.18 Å². The van der Waals surface area contributed by atoms with Crippen LogP contribution in [0.3, 0.4) is 0 Å². The van der Waals surface area contributed by atoms with E-state index in [9.17, 15) is 9.18 Å². The molecule has 0 radical (unpaired) electrons. The number of halogens is 1. The van der Waals surface area contributed by atoms with Crippen LogP contribution in [0.15, 0.2) is 36.7 Å². The number of nitrogens with one attached hydrogen (secondary N) is 1. The van der Waals surface area contributed by atoms with Crippen molar-refractivity contribution in [3.63, 3.8) is 0 Å². The summed E-state index contributed by atoms with van der Waals surface area (Å²) in [4.78, 5) is 33.6. The van der Waals surface area contributed by atoms with Crippen molar-refractivity contribution in [2.75, 3.05) is 31.1 Å². The third-order valence-corrected chi connectivity index (χ3v) is 6.07. The molecule has 1 fully saturated rings. The molecule has 1 amide bonds. The number of aryl methyl sites for hydroxylation is 3. The van der Waals surface area contributed by atoms with E-state index in [1.54, 1.807) is 31.5 Å². The molecule has 4 rings (SSSR count). The fourth-order valence-corrected chi connectivity index (χ4v) is 4.21. The van der Waals surface area contributed by atoms with Crippen LogP contribution in [0.25, 0.3) is 11.4 Å². The quantitative estimate of drug-likeness (QED) is 0.563. The Morgan fingerprint density at radius 1 is 1.12 bits per heavy atom. The maximum Gasteiger partial charge on any atom is 0.225 e. The first-order valence-corrected chi connectivity index (χ1v) is 11.7. The summed E-state index contributed by atoms with van der Waals surface area (Å²) >= 11 is 0. The number of H-pyrrole nitrogens is 1. The molecule has 33 heavy (non-hydrogen) atoms. The van der Waals surface area contributed by atoms with Crippen molar-refractivity contribution in [1.29, 1.82) is 0 Å². The predicted octanol–water partition coefficient (Wildman–Crippen LogP) is 3.94. The van der Waals surface area contributed by atoms with Crippen LogP contribution in [0.2, 0.25) is 0 Å². The number of hydrogen-bond donors (Lipinski definition) is 1. The van der Waals surface area contributed by atoms with Gasteiger partial charge < -0.3 is 14.8 Å². The zero-order chi connectivity index (χ0) is 23.2. The van der Waals surface area contributed by atoms with Crippen LogP contribution in [0.5, 0.6) is 0 Å². The van der Waals surface area contributed by atoms with E-state index in [1.807, 2.05) is 11.0 Å². The van der Waals surface area contributed by atoms with Crippen LogP contribution >= 0.6 is 0 Å². The topological polar surface area (TPSA) is 78.0 Å². The summed E-state index contributed by atoms with van der Waals surface area (Å²) in [6, 6.07) is 6.86. The molecule has 0 bridgehead atoms. The number of rotatable bonds is 8. The van der Waals surface area contributed by atoms with E-state index >= 15 is 0 Å². The molecule has 1 aromatic carbocycles. The zero-order valence-electron chi connectivity index (χ0n) is 19.4. The molecule has 0 saturated carbocycles. The highest BCUT2D eigenvalue weighted by atomic mass is 19.1. The Kier molecular flexibility index (Phi) is 7.32. The second-order valence-corrected chi connectivity index (χ2v) is 8.49. The fraction of sp³-hybridized carbons (Fsp3) is 0.440. The molecule has 3 aromatic rings. The predicted molar refractivity (Wildman–Crippen MR) is 126 cm³/mol. The minimum Gasteiger partial charge on any atom is -0.342 e. The molecule has 1 N–H and O–H groups in total. The number of nitrogens with zero attached hydrogens (tertiary/aromatic N) is 5. The molecule has 1 saturated heterocycles. The number of aromatic amines is 1. The minimum atomic E-state index is -0.213. The molecule has 0 atom stereocenters. The van der Waals surface area contributed by atoms with Crippen LogP contribution in [0, 0.1) is 12.7 Å². The van der Waals surface area contributed by atoms with Crippen LogP contribution < -0.4 is 4.90 Å². The Morgan fingerprint density at radius 3 is 2.58 bits per heavy atom. The first-order valence-electron chi connectivity index (χ1n) is 11.7. The minimum absolute atomic E-state index is 0.186. The second kappa shape index (κ2) is 10.6. The van der Waals surface area contributed by atoms with Crippen LogP contribution in [0.4, 0.5) is 10.3 Å². The molecule has 0 unspecified atom stereocenters. The molecule has 174 valence electrons. The van der Waals surface area contributed by atoms with Gasteiger partial charge in [0, 0.05) is 56.3 Å². The van der Waals surface area contributed by atoms with Gasteiger partial charge in [-0.15, -0.1) is 0 Å². The van der Waals surface area contributed by atoms with Gasteiger partial charge in [-0.3, -0.25) is 4.79 Å². The normalized spacial score (nSPS) is 14.0. The first kappa shape index (κ1) is 22.9. The highest BCUT2D eigenvalue weighted by molar-refractivity contribution is 5.76. The van der Waals surface area contributed by atoms with Gasteiger partial charge in [-0.1, -0.05) is 13.3 Å². The smallest absolute Gasteiger partial charge is 0.225 e. The number of amides is 1. The standard InChI is InChI=1S/C25H31FN6O/c1-3-6-21-22(30-24(29-21)19-9-10-20(26)18(2)17-19)7-4-8-23(33)31-13-15-32(16-14-31)25-27-11-5-12-28-25/h5,9-12,17H,3-4,6-8,13-16H2,1-2H3,(H,29,30). The molecule has 2 aromatic heterocycles. The molecule has 0 spiro atoms. The average molecular weight is 451 g/mol. The molecule has 7 nitrogen and oxygen atoms in total. The summed E-state index contributed by atoms with van der Waals surface area (Å²) < 4.78 is 13.6. The van der Waals surface area contributed by atoms with Gasteiger partial charge in [0.2, 0.25) is 11.9 Å². The Hall–Kier alpha value is -3.29. The van der Waals surface area contributed by atoms with Crippen LogP contribution in [-0.2, 0) is 17.6 Å².